The highest BCUT2D eigenvalue weighted by Crippen LogP contribution is 2.35. The number of hydrogen-bond donors (Lipinski definition) is 2. The molecule has 0 spiro atoms. The Morgan fingerprint density at radius 3 is 2.54 bits per heavy atom. The summed E-state index contributed by atoms with van der Waals surface area (Å²) in [6.45, 7) is 0.169. The van der Waals surface area contributed by atoms with E-state index in [9.17, 15) is 26.7 Å². The van der Waals surface area contributed by atoms with Gasteiger partial charge in [-0.15, -0.1) is 5.10 Å². The highest BCUT2D eigenvalue weighted by molar-refractivity contribution is 6.34. The number of halogens is 6. The first-order valence-corrected chi connectivity index (χ1v) is 12.2. The predicted molar refractivity (Wildman–Crippen MR) is 133 cm³/mol. The molecule has 0 unspecified atom stereocenters. The van der Waals surface area contributed by atoms with Crippen LogP contribution in [0.5, 0.6) is 5.88 Å². The van der Waals surface area contributed by atoms with Gasteiger partial charge in [-0.3, -0.25) is 10.2 Å². The van der Waals surface area contributed by atoms with Gasteiger partial charge in [-0.1, -0.05) is 35.9 Å². The van der Waals surface area contributed by atoms with E-state index in [-0.39, 0.29) is 16.8 Å². The number of alkyl halides is 3. The number of nitrogens with zero attached hydrogens (tertiary/aromatic N) is 3. The molecule has 2 aromatic carbocycles. The number of hydrogen-bond acceptors (Lipinski definition) is 5. The quantitative estimate of drug-likeness (QED) is 0.353. The van der Waals surface area contributed by atoms with Crippen LogP contribution in [0, 0.1) is 11.6 Å². The third-order valence-corrected chi connectivity index (χ3v) is 6.44. The van der Waals surface area contributed by atoms with Crippen LogP contribution in [0.4, 0.5) is 32.6 Å². The van der Waals surface area contributed by atoms with Gasteiger partial charge in [0.05, 0.1) is 18.3 Å². The molecule has 2 N–H and O–H groups in total. The third-order valence-electron chi connectivity index (χ3n) is 6.10. The van der Waals surface area contributed by atoms with Crippen molar-refractivity contribution in [1.29, 1.82) is 0 Å². The van der Waals surface area contributed by atoms with Crippen LogP contribution < -0.4 is 15.4 Å². The molecule has 1 aliphatic rings. The molecule has 0 radical (unpaired) electrons. The summed E-state index contributed by atoms with van der Waals surface area (Å²) in [4.78, 5) is 15.1. The van der Waals surface area contributed by atoms with Gasteiger partial charge in [0, 0.05) is 32.7 Å². The van der Waals surface area contributed by atoms with Gasteiger partial charge in [0.2, 0.25) is 0 Å². The van der Waals surface area contributed by atoms with Gasteiger partial charge >= 0.3 is 12.2 Å². The van der Waals surface area contributed by atoms with Gasteiger partial charge in [-0.2, -0.15) is 13.2 Å². The summed E-state index contributed by atoms with van der Waals surface area (Å²) in [5.74, 6) is -3.00. The van der Waals surface area contributed by atoms with Gasteiger partial charge in [0.15, 0.2) is 24.1 Å². The number of carbonyl (C=O) groups is 1. The van der Waals surface area contributed by atoms with E-state index in [4.69, 9.17) is 21.1 Å². The fourth-order valence-corrected chi connectivity index (χ4v) is 4.53. The number of aromatic nitrogens is 2. The Morgan fingerprint density at radius 2 is 1.87 bits per heavy atom. The number of amides is 2. The lowest BCUT2D eigenvalue weighted by Gasteiger charge is -2.21. The van der Waals surface area contributed by atoms with Crippen molar-refractivity contribution in [2.75, 3.05) is 45.3 Å². The summed E-state index contributed by atoms with van der Waals surface area (Å²) in [6.07, 6.45) is -4.63. The standard InChI is InChI=1S/C25H25ClF5N5O3/c1-38-10-9-35-12-17(15-7-8-18(27)19(28)11-15)20(13-35)32-24(37)33-22-21(26)23(39-14-25(29,30)31)34-36(22)16-5-3-2-4-6-16/h2-8,11,17,20H,9-10,12-14H2,1H3,(H2,32,33,37)/t17-,20+/m0/s1. The van der Waals surface area contributed by atoms with Crippen molar-refractivity contribution in [3.63, 3.8) is 0 Å². The smallest absolute Gasteiger partial charge is 0.422 e. The Hall–Kier alpha value is -3.42. The SMILES string of the molecule is COCCN1C[C@@H](NC(=O)Nc2c(Cl)c(OCC(F)(F)F)nn2-c2ccccc2)[C@H](c2ccc(F)c(F)c2)C1. The van der Waals surface area contributed by atoms with E-state index in [1.165, 1.54) is 6.07 Å². The fraction of sp³-hybridized carbons (Fsp3) is 0.360. The maximum absolute atomic E-state index is 14.0. The van der Waals surface area contributed by atoms with Crippen LogP contribution >= 0.6 is 11.6 Å². The Bertz CT molecular complexity index is 1290. The van der Waals surface area contributed by atoms with Crippen LogP contribution in [0.25, 0.3) is 5.69 Å². The zero-order valence-corrected chi connectivity index (χ0v) is 21.4. The first kappa shape index (κ1) is 28.6. The zero-order chi connectivity index (χ0) is 28.2. The fourth-order valence-electron chi connectivity index (χ4n) is 4.31. The van der Waals surface area contributed by atoms with Crippen molar-refractivity contribution in [1.82, 2.24) is 20.0 Å². The molecular weight excluding hydrogens is 549 g/mol. The first-order chi connectivity index (χ1) is 18.6. The van der Waals surface area contributed by atoms with Gasteiger partial charge < -0.3 is 14.8 Å². The van der Waals surface area contributed by atoms with E-state index in [0.717, 1.165) is 16.8 Å². The number of likely N-dealkylation sites (tertiary alicyclic amines) is 1. The summed E-state index contributed by atoms with van der Waals surface area (Å²) in [6, 6.07) is 10.6. The molecule has 0 bridgehead atoms. The zero-order valence-electron chi connectivity index (χ0n) is 20.6. The molecule has 39 heavy (non-hydrogen) atoms. The van der Waals surface area contributed by atoms with Gasteiger partial charge in [-0.05, 0) is 29.8 Å². The first-order valence-electron chi connectivity index (χ1n) is 11.8. The Labute approximate surface area is 225 Å². The largest absolute Gasteiger partial charge is 0.466 e. The molecule has 1 saturated heterocycles. The van der Waals surface area contributed by atoms with Crippen molar-refractivity contribution in [3.8, 4) is 11.6 Å². The molecule has 0 saturated carbocycles. The summed E-state index contributed by atoms with van der Waals surface area (Å²) in [7, 11) is 1.55. The molecule has 2 heterocycles. The van der Waals surface area contributed by atoms with Gasteiger partial charge in [0.25, 0.3) is 5.88 Å². The molecule has 4 rings (SSSR count). The molecular formula is C25H25ClF5N5O3. The number of carbonyl (C=O) groups excluding carboxylic acids is 1. The minimum Gasteiger partial charge on any atom is -0.466 e. The Kier molecular flexibility index (Phi) is 8.93. The maximum atomic E-state index is 14.0. The number of nitrogens with one attached hydrogen (secondary N) is 2. The lowest BCUT2D eigenvalue weighted by molar-refractivity contribution is -0.154. The highest BCUT2D eigenvalue weighted by atomic mass is 35.5. The van der Waals surface area contributed by atoms with Crippen LogP contribution in [-0.2, 0) is 4.74 Å². The van der Waals surface area contributed by atoms with Crippen molar-refractivity contribution in [3.05, 3.63) is 70.8 Å². The average molecular weight is 574 g/mol. The number of ether oxygens (including phenoxy) is 2. The van der Waals surface area contributed by atoms with E-state index in [0.29, 0.717) is 37.5 Å². The molecule has 1 aromatic heterocycles. The van der Waals surface area contributed by atoms with Crippen molar-refractivity contribution >= 4 is 23.4 Å². The van der Waals surface area contributed by atoms with Crippen molar-refractivity contribution < 1.29 is 36.2 Å². The molecule has 2 atom stereocenters. The summed E-state index contributed by atoms with van der Waals surface area (Å²) in [5.41, 5.74) is 0.900. The minimum absolute atomic E-state index is 0.115. The van der Waals surface area contributed by atoms with Crippen LogP contribution in [0.1, 0.15) is 11.5 Å². The third kappa shape index (κ3) is 7.16. The number of rotatable bonds is 9. The van der Waals surface area contributed by atoms with Crippen molar-refractivity contribution in [2.45, 2.75) is 18.1 Å². The second-order valence-electron chi connectivity index (χ2n) is 8.86. The maximum Gasteiger partial charge on any atom is 0.422 e. The molecule has 210 valence electrons. The Morgan fingerprint density at radius 1 is 1.13 bits per heavy atom. The highest BCUT2D eigenvalue weighted by Gasteiger charge is 2.36. The van der Waals surface area contributed by atoms with Gasteiger partial charge in [0.1, 0.15) is 5.02 Å². The van der Waals surface area contributed by atoms with Crippen LogP contribution in [0.3, 0.4) is 0 Å². The van der Waals surface area contributed by atoms with Crippen molar-refractivity contribution in [2.24, 2.45) is 0 Å². The molecule has 0 aliphatic carbocycles. The van der Waals surface area contributed by atoms with E-state index in [1.807, 2.05) is 4.90 Å². The number of methoxy groups -OCH3 is 1. The topological polar surface area (TPSA) is 80.7 Å². The number of urea groups is 1. The number of benzene rings is 2. The second-order valence-corrected chi connectivity index (χ2v) is 9.23. The van der Waals surface area contributed by atoms with E-state index in [1.54, 1.807) is 37.4 Å². The average Bonchev–Trinajstić information content (AvgIpc) is 3.43. The lowest BCUT2D eigenvalue weighted by Crippen LogP contribution is -2.42. The molecule has 2 amide bonds. The Balaban J connectivity index is 1.57. The molecule has 14 heteroatoms. The number of para-hydroxylation sites is 1. The normalized spacial score (nSPS) is 17.8. The second kappa shape index (κ2) is 12.2. The molecule has 1 fully saturated rings. The number of anilines is 1. The van der Waals surface area contributed by atoms with Crippen LogP contribution in [0.15, 0.2) is 48.5 Å². The van der Waals surface area contributed by atoms with E-state index >= 15 is 0 Å². The molecule has 8 nitrogen and oxygen atoms in total. The minimum atomic E-state index is -4.63. The van der Waals surface area contributed by atoms with E-state index < -0.39 is 42.4 Å². The van der Waals surface area contributed by atoms with Gasteiger partial charge in [-0.25, -0.2) is 18.3 Å². The van der Waals surface area contributed by atoms with Crippen LogP contribution in [-0.4, -0.2) is 72.9 Å². The summed E-state index contributed by atoms with van der Waals surface area (Å²) < 4.78 is 76.8. The van der Waals surface area contributed by atoms with Crippen LogP contribution in [0.2, 0.25) is 5.02 Å². The van der Waals surface area contributed by atoms with E-state index in [2.05, 4.69) is 15.7 Å². The predicted octanol–water partition coefficient (Wildman–Crippen LogP) is 4.98. The molecule has 1 aliphatic heterocycles. The summed E-state index contributed by atoms with van der Waals surface area (Å²) in [5, 5.41) is 9.06. The summed E-state index contributed by atoms with van der Waals surface area (Å²) >= 11 is 6.29. The molecule has 3 aromatic rings. The lowest BCUT2D eigenvalue weighted by atomic mass is 9.94. The monoisotopic (exact) mass is 573 g/mol.